The van der Waals surface area contributed by atoms with Crippen LogP contribution in [0.5, 0.6) is 11.5 Å². The summed E-state index contributed by atoms with van der Waals surface area (Å²) in [4.78, 5) is 9.53. The van der Waals surface area contributed by atoms with E-state index in [1.807, 2.05) is 36.8 Å². The van der Waals surface area contributed by atoms with Crippen LogP contribution in [-0.2, 0) is 19.4 Å². The molecule has 0 spiro atoms. The van der Waals surface area contributed by atoms with Gasteiger partial charge < -0.3 is 4.57 Å². The van der Waals surface area contributed by atoms with Crippen LogP contribution >= 0.6 is 0 Å². The molecule has 0 amide bonds. The Kier molecular flexibility index (Phi) is 9.29. The van der Waals surface area contributed by atoms with E-state index in [0.29, 0.717) is 11.5 Å². The molecule has 5 heterocycles. The van der Waals surface area contributed by atoms with E-state index in [4.69, 9.17) is 9.72 Å². The Morgan fingerprint density at radius 1 is 0.418 bits per heavy atom. The molecule has 8 heteroatoms. The SMILES string of the molecule is [Pt]=[c]1n(-c2[c-]c(Oc3[c-]c4c(cc3)c3ccccc3n4-c3ccc(-n4c5ccccc5c5cnccc54)cn3)ccc2)c2ccccc2n1-c1c(-c2ccccc2)cccc1-c1ccccc1. The Balaban J connectivity index is 0.906. The zero-order chi connectivity index (χ0) is 44.4. The fourth-order valence-electron chi connectivity index (χ4n) is 9.69. The third-order valence-electron chi connectivity index (χ3n) is 12.6. The molecule has 0 unspecified atom stereocenters. The second-order valence-corrected chi connectivity index (χ2v) is 17.4. The van der Waals surface area contributed by atoms with Gasteiger partial charge in [-0.05, 0) is 18.2 Å². The van der Waals surface area contributed by atoms with E-state index >= 15 is 0 Å². The first-order chi connectivity index (χ1) is 33.2. The fraction of sp³-hybridized carbons (Fsp3) is 0. The molecule has 0 bridgehead atoms. The predicted octanol–water partition coefficient (Wildman–Crippen LogP) is 14.2. The molecule has 0 radical (unpaired) electrons. The van der Waals surface area contributed by atoms with E-state index in [9.17, 15) is 0 Å². The van der Waals surface area contributed by atoms with Crippen molar-refractivity contribution in [2.75, 3.05) is 0 Å². The number of rotatable bonds is 8. The maximum absolute atomic E-state index is 6.71. The van der Waals surface area contributed by atoms with Crippen molar-refractivity contribution in [3.05, 3.63) is 235 Å². The average Bonchev–Trinajstić information content (AvgIpc) is 4.01. The zero-order valence-electron chi connectivity index (χ0n) is 35.7. The van der Waals surface area contributed by atoms with Gasteiger partial charge in [-0.3, -0.25) is 4.98 Å². The van der Waals surface area contributed by atoms with Crippen molar-refractivity contribution in [3.8, 4) is 56.6 Å². The Morgan fingerprint density at radius 3 is 1.72 bits per heavy atom. The Hall–Kier alpha value is -8.38. The third-order valence-corrected chi connectivity index (χ3v) is 13.6. The van der Waals surface area contributed by atoms with E-state index in [2.05, 4.69) is 237 Å². The molecule has 0 fully saturated rings. The van der Waals surface area contributed by atoms with Gasteiger partial charge in [-0.15, -0.1) is 0 Å². The number of imidazole rings is 1. The number of hydrogen-bond acceptors (Lipinski definition) is 3. The van der Waals surface area contributed by atoms with Crippen LogP contribution in [0.15, 0.2) is 219 Å². The average molecular weight is 1040 g/mol. The van der Waals surface area contributed by atoms with Gasteiger partial charge in [-0.1, -0.05) is 30.3 Å². The van der Waals surface area contributed by atoms with E-state index in [1.165, 1.54) is 0 Å². The predicted molar refractivity (Wildman–Crippen MR) is 265 cm³/mol. The molecule has 0 aliphatic heterocycles. The van der Waals surface area contributed by atoms with E-state index in [-0.39, 0.29) is 0 Å². The molecule has 0 N–H and O–H groups in total. The van der Waals surface area contributed by atoms with Gasteiger partial charge in [0.1, 0.15) is 0 Å². The van der Waals surface area contributed by atoms with Crippen molar-refractivity contribution >= 4 is 54.6 Å². The quantitative estimate of drug-likeness (QED) is 0.143. The van der Waals surface area contributed by atoms with Gasteiger partial charge in [0.25, 0.3) is 0 Å². The van der Waals surface area contributed by atoms with E-state index in [0.717, 1.165) is 104 Å². The van der Waals surface area contributed by atoms with Gasteiger partial charge in [-0.2, -0.15) is 0 Å². The molecular weight excluding hydrogens is 1000 g/mol. The van der Waals surface area contributed by atoms with Crippen LogP contribution in [0.4, 0.5) is 0 Å². The van der Waals surface area contributed by atoms with Gasteiger partial charge in [0.05, 0.1) is 22.9 Å². The van der Waals surface area contributed by atoms with Gasteiger partial charge in [0.2, 0.25) is 0 Å². The Bertz CT molecular complexity index is 3980. The molecule has 13 rings (SSSR count). The van der Waals surface area contributed by atoms with Crippen molar-refractivity contribution in [3.63, 3.8) is 0 Å². The molecule has 5 aromatic heterocycles. The maximum atomic E-state index is 6.71. The second kappa shape index (κ2) is 15.9. The first-order valence-electron chi connectivity index (χ1n) is 22.1. The van der Waals surface area contributed by atoms with Gasteiger partial charge in [0.15, 0.2) is 0 Å². The van der Waals surface area contributed by atoms with Crippen molar-refractivity contribution in [2.45, 2.75) is 0 Å². The number of aromatic nitrogens is 6. The number of pyridine rings is 2. The molecule has 0 saturated carbocycles. The number of nitrogens with zero attached hydrogens (tertiary/aromatic N) is 6. The van der Waals surface area contributed by atoms with Crippen molar-refractivity contribution in [1.82, 2.24) is 28.2 Å². The molecule has 67 heavy (non-hydrogen) atoms. The summed E-state index contributed by atoms with van der Waals surface area (Å²) in [5.74, 6) is 1.94. The Labute approximate surface area is 396 Å². The summed E-state index contributed by atoms with van der Waals surface area (Å²) in [6, 6.07) is 77.0. The molecule has 0 atom stereocenters. The molecule has 0 aliphatic carbocycles. The number of ether oxygens (including phenoxy) is 1. The van der Waals surface area contributed by atoms with Crippen molar-refractivity contribution < 1.29 is 24.1 Å². The molecule has 8 aromatic carbocycles. The second-order valence-electron chi connectivity index (χ2n) is 16.4. The topological polar surface area (TPSA) is 54.7 Å². The molecule has 320 valence electrons. The normalized spacial score (nSPS) is 11.7. The van der Waals surface area contributed by atoms with E-state index < -0.39 is 0 Å². The van der Waals surface area contributed by atoms with Crippen LogP contribution < -0.4 is 4.74 Å². The summed E-state index contributed by atoms with van der Waals surface area (Å²) in [5.41, 5.74) is 13.7. The zero-order valence-corrected chi connectivity index (χ0v) is 38.0. The van der Waals surface area contributed by atoms with E-state index in [1.54, 1.807) is 0 Å². The summed E-state index contributed by atoms with van der Waals surface area (Å²) in [6.45, 7) is 0. The number of hydrogen-bond donors (Lipinski definition) is 0. The Morgan fingerprint density at radius 2 is 1.01 bits per heavy atom. The monoisotopic (exact) mass is 1040 g/mol. The summed E-state index contributed by atoms with van der Waals surface area (Å²) in [6.07, 6.45) is 5.72. The number of para-hydroxylation sites is 5. The van der Waals surface area contributed by atoms with Crippen LogP contribution in [0.1, 0.15) is 0 Å². The van der Waals surface area contributed by atoms with Crippen LogP contribution in [-0.4, -0.2) is 28.2 Å². The molecule has 13 aromatic rings. The third kappa shape index (κ3) is 6.42. The summed E-state index contributed by atoms with van der Waals surface area (Å²) < 4.78 is 16.8. The molecular formula is C59H36N6OPt-2. The van der Waals surface area contributed by atoms with Crippen LogP contribution in [0, 0.1) is 15.9 Å². The van der Waals surface area contributed by atoms with Crippen LogP contribution in [0.2, 0.25) is 0 Å². The summed E-state index contributed by atoms with van der Waals surface area (Å²) in [7, 11) is 0. The standard InChI is InChI=1S/C59H36N6O.Pt/c1-3-15-40(16-4-1)46-23-14-24-47(41-17-5-2-6-18-41)59(46)63-39-62(55-27-11-12-28-56(55)63)42-19-13-20-44(35-42)66-45-30-31-50-48-21-7-10-26-53(48)65(57(50)36-45)58-32-29-43(37-61-58)64-52-25-9-8-22-49(52)51-38-60-34-33-54(51)64;/h1-34,37-38H;/q-2;. The molecule has 0 saturated heterocycles. The van der Waals surface area contributed by atoms with Gasteiger partial charge in [-0.25, -0.2) is 0 Å². The minimum atomic E-state index is 0.576. The van der Waals surface area contributed by atoms with Gasteiger partial charge in [0, 0.05) is 23.2 Å². The fourth-order valence-corrected chi connectivity index (χ4v) is 10.8. The van der Waals surface area contributed by atoms with Gasteiger partial charge >= 0.3 is 294 Å². The first-order valence-corrected chi connectivity index (χ1v) is 23.2. The minimum absolute atomic E-state index is 0.576. The van der Waals surface area contributed by atoms with Crippen LogP contribution in [0.25, 0.3) is 99.8 Å². The van der Waals surface area contributed by atoms with Crippen molar-refractivity contribution in [1.29, 1.82) is 0 Å². The summed E-state index contributed by atoms with van der Waals surface area (Å²) >= 11 is 2.47. The number of fused-ring (bicyclic) bond motifs is 7. The first kappa shape index (κ1) is 39.0. The summed E-state index contributed by atoms with van der Waals surface area (Å²) in [5, 5.41) is 4.44. The molecule has 7 nitrogen and oxygen atoms in total. The molecule has 0 aliphatic rings. The van der Waals surface area contributed by atoms with Crippen molar-refractivity contribution in [2.24, 2.45) is 0 Å². The van der Waals surface area contributed by atoms with Crippen LogP contribution in [0.3, 0.4) is 0 Å². The number of benzene rings is 8.